The molecule has 1 saturated heterocycles. The van der Waals surface area contributed by atoms with Crippen LogP contribution in [0.2, 0.25) is 0 Å². The van der Waals surface area contributed by atoms with E-state index in [-0.39, 0.29) is 24.2 Å². The van der Waals surface area contributed by atoms with Crippen LogP contribution in [0.5, 0.6) is 17.2 Å². The number of ether oxygens (including phenoxy) is 2. The van der Waals surface area contributed by atoms with Gasteiger partial charge in [-0.1, -0.05) is 19.1 Å². The molecule has 2 N–H and O–H groups in total. The van der Waals surface area contributed by atoms with E-state index in [9.17, 15) is 4.79 Å². The Morgan fingerprint density at radius 1 is 1.12 bits per heavy atom. The van der Waals surface area contributed by atoms with E-state index in [0.29, 0.717) is 23.2 Å². The van der Waals surface area contributed by atoms with Crippen molar-refractivity contribution in [3.05, 3.63) is 48.5 Å². The normalized spacial score (nSPS) is 14.6. The number of nitrogens with one attached hydrogen (secondary N) is 2. The molecule has 0 aromatic heterocycles. The minimum atomic E-state index is 0. The van der Waals surface area contributed by atoms with Gasteiger partial charge in [-0.2, -0.15) is 0 Å². The van der Waals surface area contributed by atoms with Gasteiger partial charge < -0.3 is 20.1 Å². The fourth-order valence-corrected chi connectivity index (χ4v) is 2.57. The molecule has 1 aliphatic rings. The summed E-state index contributed by atoms with van der Waals surface area (Å²) in [6.45, 7) is 3.81. The SMILES string of the molecule is COc1ccccc1Oc1ccc(NC(=O)C(C)C2CNC2)cc1.Cl. The van der Waals surface area contributed by atoms with Crippen LogP contribution in [0.25, 0.3) is 0 Å². The second-order valence-corrected chi connectivity index (χ2v) is 5.97. The smallest absolute Gasteiger partial charge is 0.227 e. The molecular weight excluding hydrogens is 340 g/mol. The van der Waals surface area contributed by atoms with Gasteiger partial charge in [0.15, 0.2) is 11.5 Å². The first-order chi connectivity index (χ1) is 11.7. The molecule has 1 aliphatic heterocycles. The lowest BCUT2D eigenvalue weighted by molar-refractivity contribution is -0.121. The van der Waals surface area contributed by atoms with Crippen LogP contribution in [0.3, 0.4) is 0 Å². The third-order valence-corrected chi connectivity index (χ3v) is 4.35. The highest BCUT2D eigenvalue weighted by Gasteiger charge is 2.28. The maximum Gasteiger partial charge on any atom is 0.227 e. The summed E-state index contributed by atoms with van der Waals surface area (Å²) in [4.78, 5) is 12.2. The Labute approximate surface area is 154 Å². The summed E-state index contributed by atoms with van der Waals surface area (Å²) in [5, 5.41) is 6.15. The van der Waals surface area contributed by atoms with Gasteiger partial charge in [0.2, 0.25) is 5.91 Å². The second-order valence-electron chi connectivity index (χ2n) is 5.97. The van der Waals surface area contributed by atoms with Crippen LogP contribution >= 0.6 is 12.4 Å². The molecule has 2 aromatic carbocycles. The van der Waals surface area contributed by atoms with E-state index in [1.807, 2.05) is 55.5 Å². The molecule has 1 fully saturated rings. The van der Waals surface area contributed by atoms with Gasteiger partial charge in [-0.15, -0.1) is 12.4 Å². The molecule has 25 heavy (non-hydrogen) atoms. The van der Waals surface area contributed by atoms with Gasteiger partial charge in [-0.3, -0.25) is 4.79 Å². The molecule has 3 rings (SSSR count). The molecule has 134 valence electrons. The number of anilines is 1. The standard InChI is InChI=1S/C19H22N2O3.ClH/c1-13(14-11-20-12-14)19(22)21-15-7-9-16(10-8-15)24-18-6-4-3-5-17(18)23-2;/h3-10,13-14,20H,11-12H2,1-2H3,(H,21,22);1H. The molecule has 1 heterocycles. The van der Waals surface area contributed by atoms with Crippen molar-refractivity contribution in [2.45, 2.75) is 6.92 Å². The van der Waals surface area contributed by atoms with Crippen LogP contribution < -0.4 is 20.1 Å². The number of para-hydroxylation sites is 2. The van der Waals surface area contributed by atoms with Crippen molar-refractivity contribution >= 4 is 24.0 Å². The van der Waals surface area contributed by atoms with Gasteiger partial charge in [-0.05, 0) is 55.4 Å². The van der Waals surface area contributed by atoms with E-state index in [2.05, 4.69) is 10.6 Å². The molecule has 0 bridgehead atoms. The minimum Gasteiger partial charge on any atom is -0.493 e. The lowest BCUT2D eigenvalue weighted by Crippen LogP contribution is -2.48. The van der Waals surface area contributed by atoms with Crippen LogP contribution in [0.15, 0.2) is 48.5 Å². The molecule has 5 nitrogen and oxygen atoms in total. The number of carbonyl (C=O) groups is 1. The van der Waals surface area contributed by atoms with Crippen LogP contribution in [0, 0.1) is 11.8 Å². The number of hydrogen-bond donors (Lipinski definition) is 2. The highest BCUT2D eigenvalue weighted by molar-refractivity contribution is 5.92. The highest BCUT2D eigenvalue weighted by atomic mass is 35.5. The number of carbonyl (C=O) groups excluding carboxylic acids is 1. The summed E-state index contributed by atoms with van der Waals surface area (Å²) in [5.74, 6) is 2.52. The third-order valence-electron chi connectivity index (χ3n) is 4.35. The Kier molecular flexibility index (Phi) is 6.67. The van der Waals surface area contributed by atoms with E-state index >= 15 is 0 Å². The van der Waals surface area contributed by atoms with Gasteiger partial charge in [0.1, 0.15) is 5.75 Å². The number of amides is 1. The van der Waals surface area contributed by atoms with Crippen molar-refractivity contribution in [3.63, 3.8) is 0 Å². The van der Waals surface area contributed by atoms with Crippen LogP contribution in [0.4, 0.5) is 5.69 Å². The average Bonchev–Trinajstić information content (AvgIpc) is 2.55. The van der Waals surface area contributed by atoms with Crippen molar-refractivity contribution < 1.29 is 14.3 Å². The van der Waals surface area contributed by atoms with Crippen molar-refractivity contribution in [1.82, 2.24) is 5.32 Å². The largest absolute Gasteiger partial charge is 0.493 e. The fourth-order valence-electron chi connectivity index (χ4n) is 2.57. The zero-order valence-corrected chi connectivity index (χ0v) is 15.1. The molecule has 1 amide bonds. The zero-order valence-electron chi connectivity index (χ0n) is 14.3. The second kappa shape index (κ2) is 8.74. The monoisotopic (exact) mass is 362 g/mol. The Balaban J connectivity index is 0.00000225. The molecule has 2 aromatic rings. The summed E-state index contributed by atoms with van der Waals surface area (Å²) >= 11 is 0. The zero-order chi connectivity index (χ0) is 16.9. The Hall–Kier alpha value is -2.24. The van der Waals surface area contributed by atoms with Crippen molar-refractivity contribution in [2.24, 2.45) is 11.8 Å². The topological polar surface area (TPSA) is 59.6 Å². The van der Waals surface area contributed by atoms with Gasteiger partial charge in [0, 0.05) is 11.6 Å². The van der Waals surface area contributed by atoms with Gasteiger partial charge >= 0.3 is 0 Å². The summed E-state index contributed by atoms with van der Waals surface area (Å²) in [6.07, 6.45) is 0. The lowest BCUT2D eigenvalue weighted by atomic mass is 9.88. The number of methoxy groups -OCH3 is 1. The first-order valence-electron chi connectivity index (χ1n) is 8.10. The first kappa shape index (κ1) is 19.1. The molecular formula is C19H23ClN2O3. The maximum absolute atomic E-state index is 12.2. The van der Waals surface area contributed by atoms with E-state index < -0.39 is 0 Å². The van der Waals surface area contributed by atoms with Crippen molar-refractivity contribution in [1.29, 1.82) is 0 Å². The first-order valence-corrected chi connectivity index (χ1v) is 8.10. The number of halogens is 1. The Morgan fingerprint density at radius 3 is 2.32 bits per heavy atom. The van der Waals surface area contributed by atoms with E-state index in [1.165, 1.54) is 0 Å². The minimum absolute atomic E-state index is 0. The van der Waals surface area contributed by atoms with Crippen molar-refractivity contribution in [2.75, 3.05) is 25.5 Å². The molecule has 0 aliphatic carbocycles. The Morgan fingerprint density at radius 2 is 1.76 bits per heavy atom. The molecule has 0 spiro atoms. The molecule has 6 heteroatoms. The Bertz CT molecular complexity index is 702. The predicted octanol–water partition coefficient (Wildman–Crippen LogP) is 3.70. The van der Waals surface area contributed by atoms with E-state index in [4.69, 9.17) is 9.47 Å². The summed E-state index contributed by atoms with van der Waals surface area (Å²) in [7, 11) is 1.61. The van der Waals surface area contributed by atoms with Crippen molar-refractivity contribution in [3.8, 4) is 17.2 Å². The van der Waals surface area contributed by atoms with E-state index in [1.54, 1.807) is 7.11 Å². The van der Waals surface area contributed by atoms with Crippen LogP contribution in [0.1, 0.15) is 6.92 Å². The van der Waals surface area contributed by atoms with Crippen LogP contribution in [-0.4, -0.2) is 26.1 Å². The molecule has 0 radical (unpaired) electrons. The number of hydrogen-bond acceptors (Lipinski definition) is 4. The average molecular weight is 363 g/mol. The summed E-state index contributed by atoms with van der Waals surface area (Å²) in [6, 6.07) is 14.8. The van der Waals surface area contributed by atoms with Gasteiger partial charge in [0.05, 0.1) is 7.11 Å². The highest BCUT2D eigenvalue weighted by Crippen LogP contribution is 2.31. The lowest BCUT2D eigenvalue weighted by Gasteiger charge is -2.31. The molecule has 0 saturated carbocycles. The quantitative estimate of drug-likeness (QED) is 0.822. The van der Waals surface area contributed by atoms with Gasteiger partial charge in [0.25, 0.3) is 0 Å². The summed E-state index contributed by atoms with van der Waals surface area (Å²) < 4.78 is 11.1. The number of benzene rings is 2. The van der Waals surface area contributed by atoms with E-state index in [0.717, 1.165) is 18.8 Å². The third kappa shape index (κ3) is 4.65. The predicted molar refractivity (Wildman–Crippen MR) is 101 cm³/mol. The van der Waals surface area contributed by atoms with Gasteiger partial charge in [-0.25, -0.2) is 0 Å². The molecule has 1 atom stereocenters. The fraction of sp³-hybridized carbons (Fsp3) is 0.316. The maximum atomic E-state index is 12.2. The summed E-state index contributed by atoms with van der Waals surface area (Å²) in [5.41, 5.74) is 0.770. The molecule has 1 unspecified atom stereocenters. The number of rotatable bonds is 6. The van der Waals surface area contributed by atoms with Crippen LogP contribution in [-0.2, 0) is 4.79 Å².